The molecule has 2 aliphatic heterocycles. The van der Waals surface area contributed by atoms with Crippen molar-refractivity contribution in [2.75, 3.05) is 20.2 Å². The lowest BCUT2D eigenvalue weighted by atomic mass is 9.94. The molecule has 0 N–H and O–H groups in total. The van der Waals surface area contributed by atoms with Crippen LogP contribution in [0.1, 0.15) is 32.8 Å². The van der Waals surface area contributed by atoms with E-state index in [1.165, 1.54) is 0 Å². The fraction of sp³-hybridized carbons (Fsp3) is 0.556. The minimum absolute atomic E-state index is 0.0308. The topological polar surface area (TPSA) is 60.4 Å². The van der Waals surface area contributed by atoms with Gasteiger partial charge in [-0.2, -0.15) is 0 Å². The molecular formula is C18H24N2O4. The van der Waals surface area contributed by atoms with Gasteiger partial charge in [0.05, 0.1) is 25.0 Å². The summed E-state index contributed by atoms with van der Waals surface area (Å²) < 4.78 is 10.9. The van der Waals surface area contributed by atoms with Crippen LogP contribution in [0.15, 0.2) is 29.4 Å². The Morgan fingerprint density at radius 2 is 1.88 bits per heavy atom. The highest BCUT2D eigenvalue weighted by molar-refractivity contribution is 6.05. The summed E-state index contributed by atoms with van der Waals surface area (Å²) in [6.45, 7) is 6.93. The fourth-order valence-corrected chi connectivity index (χ4v) is 3.27. The number of carbonyl (C=O) groups excluding carboxylic acids is 1. The first-order valence-corrected chi connectivity index (χ1v) is 8.25. The fourth-order valence-electron chi connectivity index (χ4n) is 3.27. The monoisotopic (exact) mass is 332 g/mol. The van der Waals surface area contributed by atoms with Gasteiger partial charge in [0.15, 0.2) is 0 Å². The van der Waals surface area contributed by atoms with Crippen molar-refractivity contribution < 1.29 is 19.1 Å². The van der Waals surface area contributed by atoms with Crippen LogP contribution in [0, 0.1) is 0 Å². The van der Waals surface area contributed by atoms with Crippen molar-refractivity contribution in [3.63, 3.8) is 0 Å². The van der Waals surface area contributed by atoms with Crippen LogP contribution >= 0.6 is 0 Å². The van der Waals surface area contributed by atoms with E-state index in [4.69, 9.17) is 14.3 Å². The van der Waals surface area contributed by atoms with Gasteiger partial charge in [0.1, 0.15) is 5.75 Å². The maximum atomic E-state index is 12.9. The number of amides is 1. The molecule has 0 spiro atoms. The standard InChI is InChI=1S/C18H24N2O4/c1-12-10-20(11-13(2)23-12)17(21)18(3)9-16(19-24-18)14-5-7-15(22-4)8-6-14/h5-8,12-13H,9-11H2,1-4H3/t12-,13+,18-/m1/s1. The molecule has 2 heterocycles. The summed E-state index contributed by atoms with van der Waals surface area (Å²) in [5.41, 5.74) is 0.769. The van der Waals surface area contributed by atoms with Crippen molar-refractivity contribution in [2.24, 2.45) is 5.16 Å². The van der Waals surface area contributed by atoms with Crippen molar-refractivity contribution in [1.82, 2.24) is 4.90 Å². The third kappa shape index (κ3) is 3.24. The number of hydrogen-bond acceptors (Lipinski definition) is 5. The zero-order chi connectivity index (χ0) is 17.3. The highest BCUT2D eigenvalue weighted by Gasteiger charge is 2.46. The smallest absolute Gasteiger partial charge is 0.269 e. The van der Waals surface area contributed by atoms with Crippen LogP contribution < -0.4 is 4.74 Å². The molecular weight excluding hydrogens is 308 g/mol. The van der Waals surface area contributed by atoms with Crippen LogP contribution in [0.4, 0.5) is 0 Å². The lowest BCUT2D eigenvalue weighted by Gasteiger charge is -2.38. The number of methoxy groups -OCH3 is 1. The molecule has 1 fully saturated rings. The van der Waals surface area contributed by atoms with E-state index in [1.807, 2.05) is 43.0 Å². The second kappa shape index (κ2) is 6.43. The summed E-state index contributed by atoms with van der Waals surface area (Å²) in [7, 11) is 1.63. The van der Waals surface area contributed by atoms with Crippen molar-refractivity contribution in [1.29, 1.82) is 0 Å². The van der Waals surface area contributed by atoms with Crippen molar-refractivity contribution in [3.05, 3.63) is 29.8 Å². The van der Waals surface area contributed by atoms with Crippen LogP contribution in [0.5, 0.6) is 5.75 Å². The molecule has 130 valence electrons. The van der Waals surface area contributed by atoms with E-state index in [9.17, 15) is 4.79 Å². The SMILES string of the molecule is COc1ccc(C2=NO[C@@](C)(C(=O)N3C[C@@H](C)O[C@@H](C)C3)C2)cc1. The number of rotatable bonds is 3. The third-order valence-electron chi connectivity index (χ3n) is 4.44. The maximum absolute atomic E-state index is 12.9. The Balaban J connectivity index is 1.70. The molecule has 1 saturated heterocycles. The largest absolute Gasteiger partial charge is 0.497 e. The number of ether oxygens (including phenoxy) is 2. The van der Waals surface area contributed by atoms with E-state index in [0.717, 1.165) is 17.0 Å². The Bertz CT molecular complexity index is 633. The Labute approximate surface area is 142 Å². The molecule has 0 aromatic heterocycles. The second-order valence-electron chi connectivity index (χ2n) is 6.73. The molecule has 0 radical (unpaired) electrons. The predicted octanol–water partition coefficient (Wildman–Crippen LogP) is 2.21. The molecule has 1 aromatic rings. The van der Waals surface area contributed by atoms with Crippen molar-refractivity contribution in [3.8, 4) is 5.75 Å². The van der Waals surface area contributed by atoms with Crippen LogP contribution in [0.3, 0.4) is 0 Å². The number of nitrogens with zero attached hydrogens (tertiary/aromatic N) is 2. The molecule has 0 saturated carbocycles. The van der Waals surface area contributed by atoms with E-state index in [2.05, 4.69) is 5.16 Å². The summed E-state index contributed by atoms with van der Waals surface area (Å²) in [6.07, 6.45) is 0.521. The number of carbonyl (C=O) groups is 1. The Morgan fingerprint density at radius 3 is 2.46 bits per heavy atom. The van der Waals surface area contributed by atoms with Gasteiger partial charge in [-0.05, 0) is 50.6 Å². The maximum Gasteiger partial charge on any atom is 0.269 e. The van der Waals surface area contributed by atoms with Gasteiger partial charge in [-0.3, -0.25) is 4.79 Å². The molecule has 6 nitrogen and oxygen atoms in total. The lowest BCUT2D eigenvalue weighted by molar-refractivity contribution is -0.164. The van der Waals surface area contributed by atoms with Crippen LogP contribution in [-0.2, 0) is 14.4 Å². The molecule has 24 heavy (non-hydrogen) atoms. The van der Waals surface area contributed by atoms with Gasteiger partial charge in [-0.15, -0.1) is 0 Å². The first kappa shape index (κ1) is 16.8. The Hall–Kier alpha value is -2.08. The molecule has 1 aromatic carbocycles. The van der Waals surface area contributed by atoms with Gasteiger partial charge >= 0.3 is 0 Å². The molecule has 3 atom stereocenters. The average Bonchev–Trinajstić information content (AvgIpc) is 2.97. The van der Waals surface area contributed by atoms with Gasteiger partial charge in [0.25, 0.3) is 5.91 Å². The summed E-state index contributed by atoms with van der Waals surface area (Å²) in [5, 5.41) is 4.17. The zero-order valence-corrected chi connectivity index (χ0v) is 14.6. The predicted molar refractivity (Wildman–Crippen MR) is 90.2 cm³/mol. The molecule has 0 unspecified atom stereocenters. The molecule has 1 amide bonds. The third-order valence-corrected chi connectivity index (χ3v) is 4.44. The summed E-state index contributed by atoms with van der Waals surface area (Å²) >= 11 is 0. The average molecular weight is 332 g/mol. The van der Waals surface area contributed by atoms with Crippen LogP contribution in [0.2, 0.25) is 0 Å². The number of benzene rings is 1. The van der Waals surface area contributed by atoms with Gasteiger partial charge in [-0.25, -0.2) is 0 Å². The van der Waals surface area contributed by atoms with E-state index in [0.29, 0.717) is 19.5 Å². The van der Waals surface area contributed by atoms with Crippen LogP contribution in [0.25, 0.3) is 0 Å². The molecule has 0 aliphatic carbocycles. The summed E-state index contributed by atoms with van der Waals surface area (Å²) in [4.78, 5) is 20.3. The molecule has 3 rings (SSSR count). The van der Waals surface area contributed by atoms with E-state index in [1.54, 1.807) is 14.0 Å². The molecule has 2 aliphatic rings. The van der Waals surface area contributed by atoms with Gasteiger partial charge < -0.3 is 19.2 Å². The summed E-state index contributed by atoms with van der Waals surface area (Å²) in [5.74, 6) is 0.755. The Kier molecular flexibility index (Phi) is 4.49. The lowest BCUT2D eigenvalue weighted by Crippen LogP contribution is -2.55. The normalized spacial score (nSPS) is 29.8. The number of oxime groups is 1. The van der Waals surface area contributed by atoms with Crippen molar-refractivity contribution >= 4 is 11.6 Å². The first-order valence-electron chi connectivity index (χ1n) is 8.25. The van der Waals surface area contributed by atoms with E-state index in [-0.39, 0.29) is 18.1 Å². The van der Waals surface area contributed by atoms with E-state index >= 15 is 0 Å². The van der Waals surface area contributed by atoms with Crippen LogP contribution in [-0.4, -0.2) is 54.5 Å². The molecule has 0 bridgehead atoms. The highest BCUT2D eigenvalue weighted by atomic mass is 16.7. The number of hydrogen-bond donors (Lipinski definition) is 0. The minimum Gasteiger partial charge on any atom is -0.497 e. The van der Waals surface area contributed by atoms with Gasteiger partial charge in [0, 0.05) is 19.5 Å². The second-order valence-corrected chi connectivity index (χ2v) is 6.73. The molecule has 6 heteroatoms. The minimum atomic E-state index is -0.952. The quantitative estimate of drug-likeness (QED) is 0.851. The van der Waals surface area contributed by atoms with Crippen molar-refractivity contribution in [2.45, 2.75) is 45.0 Å². The Morgan fingerprint density at radius 1 is 1.25 bits per heavy atom. The van der Waals surface area contributed by atoms with Gasteiger partial charge in [0.2, 0.25) is 5.60 Å². The number of morpholine rings is 1. The van der Waals surface area contributed by atoms with E-state index < -0.39 is 5.60 Å². The zero-order valence-electron chi connectivity index (χ0n) is 14.6. The summed E-state index contributed by atoms with van der Waals surface area (Å²) in [6, 6.07) is 7.60. The van der Waals surface area contributed by atoms with Gasteiger partial charge in [-0.1, -0.05) is 5.16 Å². The highest BCUT2D eigenvalue weighted by Crippen LogP contribution is 2.30. The first-order chi connectivity index (χ1) is 11.4.